The van der Waals surface area contributed by atoms with Crippen LogP contribution >= 0.6 is 23.4 Å². The Morgan fingerprint density at radius 1 is 1.31 bits per heavy atom. The zero-order valence-corrected chi connectivity index (χ0v) is 17.8. The molecule has 1 aliphatic rings. The third kappa shape index (κ3) is 5.09. The topological polar surface area (TPSA) is 92.3 Å². The Hall–Kier alpha value is -2.10. The molecule has 1 aliphatic heterocycles. The molecule has 0 saturated carbocycles. The number of sulfone groups is 1. The van der Waals surface area contributed by atoms with Gasteiger partial charge in [0.25, 0.3) is 0 Å². The number of halogens is 2. The fraction of sp³-hybridized carbons (Fsp3) is 0.263. The van der Waals surface area contributed by atoms with Gasteiger partial charge in [0.2, 0.25) is 11.8 Å². The highest BCUT2D eigenvalue weighted by atomic mass is 35.5. The summed E-state index contributed by atoms with van der Waals surface area (Å²) in [6, 6.07) is 8.06. The van der Waals surface area contributed by atoms with Gasteiger partial charge in [-0.2, -0.15) is 0 Å². The minimum atomic E-state index is -3.82. The van der Waals surface area contributed by atoms with Crippen LogP contribution in [0.15, 0.2) is 46.2 Å². The monoisotopic (exact) mass is 456 g/mol. The number of nitrogens with one attached hydrogen (secondary N) is 2. The van der Waals surface area contributed by atoms with Crippen LogP contribution in [0.2, 0.25) is 5.02 Å². The number of carbonyl (C=O) groups excluding carboxylic acids is 2. The van der Waals surface area contributed by atoms with Crippen LogP contribution in [0.25, 0.3) is 0 Å². The van der Waals surface area contributed by atoms with Crippen molar-refractivity contribution in [2.45, 2.75) is 34.8 Å². The van der Waals surface area contributed by atoms with Gasteiger partial charge in [-0.1, -0.05) is 11.6 Å². The van der Waals surface area contributed by atoms with Crippen molar-refractivity contribution in [1.29, 1.82) is 0 Å². The standard InChI is InChI=1S/C19H18ClFN2O4S2/c1-11(8-19(25)22-15-4-2-12(21)9-14(15)20)29(26,27)13-3-5-17-16(10-13)23-18(24)6-7-28-17/h2-5,9-11H,6-8H2,1H3,(H,22,25)(H,23,24)/t11-/m0/s1. The van der Waals surface area contributed by atoms with Gasteiger partial charge in [-0.05, 0) is 43.3 Å². The molecule has 154 valence electrons. The fourth-order valence-electron chi connectivity index (χ4n) is 2.77. The van der Waals surface area contributed by atoms with E-state index in [1.54, 1.807) is 6.07 Å². The van der Waals surface area contributed by atoms with Crippen LogP contribution in [0.5, 0.6) is 0 Å². The van der Waals surface area contributed by atoms with Crippen molar-refractivity contribution < 1.29 is 22.4 Å². The van der Waals surface area contributed by atoms with Crippen molar-refractivity contribution >= 4 is 56.4 Å². The first-order valence-corrected chi connectivity index (χ1v) is 11.6. The largest absolute Gasteiger partial charge is 0.325 e. The molecule has 0 bridgehead atoms. The predicted molar refractivity (Wildman–Crippen MR) is 112 cm³/mol. The average Bonchev–Trinajstić information content (AvgIpc) is 2.83. The Labute approximate surface area is 177 Å². The van der Waals surface area contributed by atoms with Crippen molar-refractivity contribution in [1.82, 2.24) is 0 Å². The number of anilines is 2. The summed E-state index contributed by atoms with van der Waals surface area (Å²) >= 11 is 7.35. The van der Waals surface area contributed by atoms with Gasteiger partial charge in [0.05, 0.1) is 26.5 Å². The van der Waals surface area contributed by atoms with Crippen molar-refractivity contribution in [2.75, 3.05) is 16.4 Å². The minimum absolute atomic E-state index is 0.0212. The van der Waals surface area contributed by atoms with Gasteiger partial charge in [0, 0.05) is 23.5 Å². The fourth-order valence-corrected chi connectivity index (χ4v) is 5.30. The summed E-state index contributed by atoms with van der Waals surface area (Å²) in [6.45, 7) is 1.43. The summed E-state index contributed by atoms with van der Waals surface area (Å²) in [7, 11) is -3.82. The first-order chi connectivity index (χ1) is 13.7. The number of thioether (sulfide) groups is 1. The van der Waals surface area contributed by atoms with Crippen LogP contribution < -0.4 is 10.6 Å². The van der Waals surface area contributed by atoms with E-state index in [2.05, 4.69) is 10.6 Å². The van der Waals surface area contributed by atoms with Crippen LogP contribution in [-0.4, -0.2) is 31.2 Å². The lowest BCUT2D eigenvalue weighted by atomic mass is 10.2. The molecule has 0 aliphatic carbocycles. The van der Waals surface area contributed by atoms with Gasteiger partial charge in [-0.15, -0.1) is 11.8 Å². The van der Waals surface area contributed by atoms with Gasteiger partial charge in [-0.3, -0.25) is 9.59 Å². The molecule has 2 aromatic carbocycles. The average molecular weight is 457 g/mol. The number of benzene rings is 2. The predicted octanol–water partition coefficient (Wildman–Crippen LogP) is 4.10. The normalized spacial score (nSPS) is 15.1. The van der Waals surface area contributed by atoms with Crippen LogP contribution in [-0.2, 0) is 19.4 Å². The number of hydrogen-bond acceptors (Lipinski definition) is 5. The summed E-state index contributed by atoms with van der Waals surface area (Å²) in [6.07, 6.45) is 0.0399. The van der Waals surface area contributed by atoms with E-state index in [9.17, 15) is 22.4 Å². The van der Waals surface area contributed by atoms with Gasteiger partial charge in [-0.25, -0.2) is 12.8 Å². The lowest BCUT2D eigenvalue weighted by molar-refractivity contribution is -0.116. The molecule has 2 amide bonds. The molecule has 2 N–H and O–H groups in total. The Balaban J connectivity index is 1.75. The van der Waals surface area contributed by atoms with Crippen LogP contribution in [0, 0.1) is 5.82 Å². The SMILES string of the molecule is C[C@@H](CC(=O)Nc1ccc(F)cc1Cl)S(=O)(=O)c1ccc2c(c1)NC(=O)CCS2. The van der Waals surface area contributed by atoms with Crippen LogP contribution in [0.3, 0.4) is 0 Å². The van der Waals surface area contributed by atoms with Crippen molar-refractivity contribution in [3.8, 4) is 0 Å². The van der Waals surface area contributed by atoms with E-state index in [1.807, 2.05) is 0 Å². The van der Waals surface area contributed by atoms with Gasteiger partial charge in [0.1, 0.15) is 5.82 Å². The van der Waals surface area contributed by atoms with E-state index in [0.717, 1.165) is 17.0 Å². The number of rotatable bonds is 5. The molecule has 10 heteroatoms. The van der Waals surface area contributed by atoms with Gasteiger partial charge >= 0.3 is 0 Å². The van der Waals surface area contributed by atoms with E-state index in [0.29, 0.717) is 17.9 Å². The third-order valence-electron chi connectivity index (χ3n) is 4.35. The summed E-state index contributed by atoms with van der Waals surface area (Å²) in [5, 5.41) is 4.20. The summed E-state index contributed by atoms with van der Waals surface area (Å²) in [5.74, 6) is -0.659. The highest BCUT2D eigenvalue weighted by Gasteiger charge is 2.27. The Kier molecular flexibility index (Phi) is 6.50. The van der Waals surface area contributed by atoms with E-state index in [-0.39, 0.29) is 27.9 Å². The third-order valence-corrected chi connectivity index (χ3v) is 7.87. The minimum Gasteiger partial charge on any atom is -0.325 e. The van der Waals surface area contributed by atoms with E-state index < -0.39 is 26.8 Å². The Morgan fingerprint density at radius 3 is 2.79 bits per heavy atom. The lowest BCUT2D eigenvalue weighted by Gasteiger charge is -2.15. The summed E-state index contributed by atoms with van der Waals surface area (Å²) in [5.41, 5.74) is 0.653. The molecule has 1 atom stereocenters. The first kappa shape index (κ1) is 21.6. The van der Waals surface area contributed by atoms with Gasteiger partial charge in [0.15, 0.2) is 9.84 Å². The van der Waals surface area contributed by atoms with E-state index in [4.69, 9.17) is 11.6 Å². The molecule has 0 radical (unpaired) electrons. The summed E-state index contributed by atoms with van der Waals surface area (Å²) < 4.78 is 38.9. The second-order valence-corrected chi connectivity index (χ2v) is 10.4. The Morgan fingerprint density at radius 2 is 2.07 bits per heavy atom. The molecule has 0 spiro atoms. The van der Waals surface area contributed by atoms with Gasteiger partial charge < -0.3 is 10.6 Å². The van der Waals surface area contributed by atoms with E-state index >= 15 is 0 Å². The second-order valence-electron chi connectivity index (χ2n) is 6.54. The number of carbonyl (C=O) groups is 2. The highest BCUT2D eigenvalue weighted by molar-refractivity contribution is 7.99. The highest BCUT2D eigenvalue weighted by Crippen LogP contribution is 2.33. The molecule has 2 aromatic rings. The molecule has 0 aromatic heterocycles. The number of fused-ring (bicyclic) bond motifs is 1. The smallest absolute Gasteiger partial charge is 0.225 e. The lowest BCUT2D eigenvalue weighted by Crippen LogP contribution is -2.25. The molecular weight excluding hydrogens is 439 g/mol. The van der Waals surface area contributed by atoms with E-state index in [1.165, 1.54) is 36.9 Å². The maximum absolute atomic E-state index is 13.1. The molecule has 0 saturated heterocycles. The maximum Gasteiger partial charge on any atom is 0.225 e. The summed E-state index contributed by atoms with van der Waals surface area (Å²) in [4.78, 5) is 24.8. The quantitative estimate of drug-likeness (QED) is 0.706. The molecule has 3 rings (SSSR count). The molecule has 1 heterocycles. The first-order valence-electron chi connectivity index (χ1n) is 8.72. The number of hydrogen-bond donors (Lipinski definition) is 2. The second kappa shape index (κ2) is 8.73. The number of amides is 2. The molecular formula is C19H18ClFN2O4S2. The maximum atomic E-state index is 13.1. The van der Waals surface area contributed by atoms with Crippen LogP contribution in [0.1, 0.15) is 19.8 Å². The molecule has 29 heavy (non-hydrogen) atoms. The Bertz CT molecular complexity index is 1080. The zero-order valence-electron chi connectivity index (χ0n) is 15.4. The van der Waals surface area contributed by atoms with Crippen molar-refractivity contribution in [3.63, 3.8) is 0 Å². The molecule has 0 unspecified atom stereocenters. The van der Waals surface area contributed by atoms with Crippen molar-refractivity contribution in [3.05, 3.63) is 47.2 Å². The zero-order chi connectivity index (χ0) is 21.2. The van der Waals surface area contributed by atoms with Crippen molar-refractivity contribution in [2.24, 2.45) is 0 Å². The molecule has 6 nitrogen and oxygen atoms in total. The molecule has 0 fully saturated rings. The van der Waals surface area contributed by atoms with Crippen LogP contribution in [0.4, 0.5) is 15.8 Å².